The third-order valence-corrected chi connectivity index (χ3v) is 5.13. The Hall–Kier alpha value is -3.40. The summed E-state index contributed by atoms with van der Waals surface area (Å²) in [6.07, 6.45) is 2.18. The number of unbranched alkanes of at least 4 members (excludes halogenated alkanes) is 1. The maximum Gasteiger partial charge on any atom is 0.154 e. The first kappa shape index (κ1) is 19.9. The molecule has 0 unspecified atom stereocenters. The van der Waals surface area contributed by atoms with E-state index in [2.05, 4.69) is 80.8 Å². The monoisotopic (exact) mass is 397 g/mol. The number of aryl methyl sites for hydroxylation is 2. The second-order valence-electron chi connectivity index (χ2n) is 7.65. The van der Waals surface area contributed by atoms with Crippen molar-refractivity contribution in [1.29, 1.82) is 0 Å². The Bertz CT molecular complexity index is 1080. The van der Waals surface area contributed by atoms with E-state index in [9.17, 15) is 0 Å². The number of benzene rings is 3. The molecule has 1 aliphatic heterocycles. The second-order valence-corrected chi connectivity index (χ2v) is 7.65. The molecule has 1 N–H and O–H groups in total. The van der Waals surface area contributed by atoms with Crippen molar-refractivity contribution in [3.05, 3.63) is 94.5 Å². The number of hydrogen-bond acceptors (Lipinski definition) is 4. The molecule has 0 saturated carbocycles. The molecule has 152 valence electrons. The van der Waals surface area contributed by atoms with Gasteiger partial charge in [-0.1, -0.05) is 54.8 Å². The van der Waals surface area contributed by atoms with Crippen molar-refractivity contribution in [2.75, 3.05) is 6.61 Å². The minimum atomic E-state index is 0.744. The third kappa shape index (κ3) is 4.43. The maximum absolute atomic E-state index is 5.81. The van der Waals surface area contributed by atoms with Gasteiger partial charge >= 0.3 is 0 Å². The molecular formula is C26H27N3O. The molecule has 0 fully saturated rings. The van der Waals surface area contributed by atoms with Crippen molar-refractivity contribution in [1.82, 2.24) is 5.43 Å². The summed E-state index contributed by atoms with van der Waals surface area (Å²) in [5.41, 5.74) is 10.4. The lowest BCUT2D eigenvalue weighted by atomic mass is 9.99. The molecule has 0 aliphatic carbocycles. The number of nitrogens with zero attached hydrogens (tertiary/aromatic N) is 2. The predicted octanol–water partition coefficient (Wildman–Crippen LogP) is 5.92. The normalized spacial score (nSPS) is 12.9. The summed E-state index contributed by atoms with van der Waals surface area (Å²) in [4.78, 5) is 4.89. The van der Waals surface area contributed by atoms with Crippen molar-refractivity contribution < 1.29 is 4.74 Å². The first-order valence-electron chi connectivity index (χ1n) is 10.5. The molecule has 4 nitrogen and oxygen atoms in total. The summed E-state index contributed by atoms with van der Waals surface area (Å²) in [6, 6.07) is 22.7. The van der Waals surface area contributed by atoms with E-state index in [1.807, 2.05) is 12.1 Å². The van der Waals surface area contributed by atoms with Gasteiger partial charge in [0.15, 0.2) is 5.84 Å². The zero-order valence-corrected chi connectivity index (χ0v) is 17.8. The lowest BCUT2D eigenvalue weighted by Crippen LogP contribution is -2.19. The number of fused-ring (bicyclic) bond motifs is 1. The number of hydrogen-bond donors (Lipinski definition) is 1. The van der Waals surface area contributed by atoms with Gasteiger partial charge in [0.05, 0.1) is 18.0 Å². The fourth-order valence-corrected chi connectivity index (χ4v) is 3.36. The van der Waals surface area contributed by atoms with Crippen LogP contribution in [0.25, 0.3) is 0 Å². The predicted molar refractivity (Wildman–Crippen MR) is 124 cm³/mol. The summed E-state index contributed by atoms with van der Waals surface area (Å²) in [7, 11) is 0. The SMILES string of the molecule is CCCCOc1ccc(C2=NNC(c3ccc(C)cc3)=Nc3ccc(C)cc32)cc1. The summed E-state index contributed by atoms with van der Waals surface area (Å²) in [6.45, 7) is 7.08. The smallest absolute Gasteiger partial charge is 0.154 e. The molecule has 0 bridgehead atoms. The lowest BCUT2D eigenvalue weighted by Gasteiger charge is -2.10. The van der Waals surface area contributed by atoms with E-state index in [4.69, 9.17) is 14.8 Å². The molecule has 0 radical (unpaired) electrons. The highest BCUT2D eigenvalue weighted by Crippen LogP contribution is 2.27. The van der Waals surface area contributed by atoms with Crippen LogP contribution in [0, 0.1) is 13.8 Å². The van der Waals surface area contributed by atoms with Gasteiger partial charge in [0.25, 0.3) is 0 Å². The molecule has 4 heteroatoms. The minimum Gasteiger partial charge on any atom is -0.494 e. The average molecular weight is 398 g/mol. The molecule has 0 aromatic heterocycles. The number of aliphatic imine (C=N–C) groups is 1. The van der Waals surface area contributed by atoms with Gasteiger partial charge in [-0.2, -0.15) is 5.10 Å². The Morgan fingerprint density at radius 2 is 1.53 bits per heavy atom. The Kier molecular flexibility index (Phi) is 5.94. The lowest BCUT2D eigenvalue weighted by molar-refractivity contribution is 0.309. The van der Waals surface area contributed by atoms with Gasteiger partial charge in [-0.05, 0) is 56.7 Å². The van der Waals surface area contributed by atoms with Crippen LogP contribution in [0.15, 0.2) is 76.8 Å². The molecule has 0 saturated heterocycles. The number of ether oxygens (including phenoxy) is 1. The van der Waals surface area contributed by atoms with Crippen LogP contribution in [0.1, 0.15) is 47.6 Å². The van der Waals surface area contributed by atoms with E-state index in [1.165, 1.54) is 11.1 Å². The number of nitrogens with one attached hydrogen (secondary N) is 1. The Morgan fingerprint density at radius 3 is 2.27 bits per heavy atom. The number of amidine groups is 1. The number of hydrazone groups is 1. The molecule has 30 heavy (non-hydrogen) atoms. The largest absolute Gasteiger partial charge is 0.494 e. The van der Waals surface area contributed by atoms with Crippen molar-refractivity contribution >= 4 is 17.2 Å². The van der Waals surface area contributed by atoms with Gasteiger partial charge in [-0.15, -0.1) is 0 Å². The van der Waals surface area contributed by atoms with E-state index in [1.54, 1.807) is 0 Å². The molecule has 0 atom stereocenters. The van der Waals surface area contributed by atoms with Crippen LogP contribution in [-0.4, -0.2) is 18.2 Å². The van der Waals surface area contributed by atoms with Gasteiger partial charge in [0.2, 0.25) is 0 Å². The van der Waals surface area contributed by atoms with Crippen molar-refractivity contribution in [3.8, 4) is 5.75 Å². The third-order valence-electron chi connectivity index (χ3n) is 5.13. The van der Waals surface area contributed by atoms with Gasteiger partial charge in [0.1, 0.15) is 5.75 Å². The van der Waals surface area contributed by atoms with Crippen LogP contribution in [0.3, 0.4) is 0 Å². The topological polar surface area (TPSA) is 46.0 Å². The number of rotatable bonds is 6. The van der Waals surface area contributed by atoms with Crippen LogP contribution in [0.2, 0.25) is 0 Å². The molecule has 4 rings (SSSR count). The molecule has 1 heterocycles. The van der Waals surface area contributed by atoms with Crippen LogP contribution in [0.5, 0.6) is 5.75 Å². The first-order chi connectivity index (χ1) is 14.6. The van der Waals surface area contributed by atoms with Crippen molar-refractivity contribution in [3.63, 3.8) is 0 Å². The molecule has 0 amide bonds. The summed E-state index contributed by atoms with van der Waals surface area (Å²) in [5.74, 6) is 1.63. The fraction of sp³-hybridized carbons (Fsp3) is 0.231. The van der Waals surface area contributed by atoms with Crippen molar-refractivity contribution in [2.24, 2.45) is 10.1 Å². The zero-order chi connectivity index (χ0) is 20.9. The Labute approximate surface area is 178 Å². The van der Waals surface area contributed by atoms with E-state index >= 15 is 0 Å². The highest BCUT2D eigenvalue weighted by atomic mass is 16.5. The highest BCUT2D eigenvalue weighted by molar-refractivity contribution is 6.18. The molecular weight excluding hydrogens is 370 g/mol. The maximum atomic E-state index is 5.81. The van der Waals surface area contributed by atoms with Gasteiger partial charge in [0, 0.05) is 16.7 Å². The Balaban J connectivity index is 1.69. The van der Waals surface area contributed by atoms with Crippen LogP contribution < -0.4 is 10.2 Å². The first-order valence-corrected chi connectivity index (χ1v) is 10.5. The summed E-state index contributed by atoms with van der Waals surface area (Å²) < 4.78 is 5.81. The molecule has 3 aromatic rings. The van der Waals surface area contributed by atoms with Crippen molar-refractivity contribution in [2.45, 2.75) is 33.6 Å². The quantitative estimate of drug-likeness (QED) is 0.525. The molecule has 0 spiro atoms. The Morgan fingerprint density at radius 1 is 0.833 bits per heavy atom. The van der Waals surface area contributed by atoms with Crippen LogP contribution in [-0.2, 0) is 0 Å². The van der Waals surface area contributed by atoms with Crippen LogP contribution in [0.4, 0.5) is 5.69 Å². The average Bonchev–Trinajstić information content (AvgIpc) is 2.94. The van der Waals surface area contributed by atoms with E-state index in [0.717, 1.165) is 59.1 Å². The van der Waals surface area contributed by atoms with E-state index < -0.39 is 0 Å². The fourth-order valence-electron chi connectivity index (χ4n) is 3.36. The minimum absolute atomic E-state index is 0.744. The van der Waals surface area contributed by atoms with E-state index in [0.29, 0.717) is 0 Å². The summed E-state index contributed by atoms with van der Waals surface area (Å²) >= 11 is 0. The van der Waals surface area contributed by atoms with Gasteiger partial charge < -0.3 is 4.74 Å². The molecule has 1 aliphatic rings. The zero-order valence-electron chi connectivity index (χ0n) is 17.8. The second kappa shape index (κ2) is 8.95. The summed E-state index contributed by atoms with van der Waals surface area (Å²) in [5, 5.41) is 4.76. The molecule has 3 aromatic carbocycles. The highest BCUT2D eigenvalue weighted by Gasteiger charge is 2.17. The standard InChI is InChI=1S/C26H27N3O/c1-4-5-16-30-22-13-11-20(12-14-22)25-23-17-19(3)8-15-24(23)27-26(29-28-25)21-9-6-18(2)7-10-21/h6-15,17H,4-5,16H2,1-3H3,(H,27,29). The van der Waals surface area contributed by atoms with E-state index in [-0.39, 0.29) is 0 Å². The van der Waals surface area contributed by atoms with Gasteiger partial charge in [-0.3, -0.25) is 5.43 Å². The van der Waals surface area contributed by atoms with Crippen LogP contribution >= 0.6 is 0 Å². The van der Waals surface area contributed by atoms with Gasteiger partial charge in [-0.25, -0.2) is 4.99 Å².